The molecule has 3 nitrogen and oxygen atoms in total. The number of rotatable bonds is 3. The predicted molar refractivity (Wildman–Crippen MR) is 208 cm³/mol. The minimum Gasteiger partial charge on any atom is -0.457 e. The van der Waals surface area contributed by atoms with E-state index in [-0.39, 0.29) is 5.41 Å². The van der Waals surface area contributed by atoms with Gasteiger partial charge in [-0.3, -0.25) is 0 Å². The molecular formula is C43H39BN2OSi. The summed E-state index contributed by atoms with van der Waals surface area (Å²) < 4.78 is 6.74. The smallest absolute Gasteiger partial charge is 0.198 e. The Bertz CT molecular complexity index is 2320. The second-order valence-electron chi connectivity index (χ2n) is 14.8. The van der Waals surface area contributed by atoms with Gasteiger partial charge in [-0.2, -0.15) is 0 Å². The van der Waals surface area contributed by atoms with Crippen LogP contribution in [0.15, 0.2) is 115 Å². The van der Waals surface area contributed by atoms with Gasteiger partial charge < -0.3 is 15.0 Å². The molecule has 0 saturated heterocycles. The van der Waals surface area contributed by atoms with Crippen molar-refractivity contribution in [1.29, 1.82) is 0 Å². The molecule has 5 heteroatoms. The average Bonchev–Trinajstić information content (AvgIpc) is 3.07. The van der Waals surface area contributed by atoms with E-state index in [4.69, 9.17) is 4.74 Å². The van der Waals surface area contributed by atoms with E-state index in [2.05, 4.69) is 166 Å². The Morgan fingerprint density at radius 2 is 1.42 bits per heavy atom. The van der Waals surface area contributed by atoms with Gasteiger partial charge >= 0.3 is 0 Å². The van der Waals surface area contributed by atoms with Crippen molar-refractivity contribution in [1.82, 2.24) is 0 Å². The van der Waals surface area contributed by atoms with Crippen molar-refractivity contribution in [2.24, 2.45) is 0 Å². The van der Waals surface area contributed by atoms with Gasteiger partial charge in [0.05, 0.1) is 0 Å². The molecule has 6 aromatic carbocycles. The number of hydrogen-bond donors (Lipinski definition) is 1. The fourth-order valence-electron chi connectivity index (χ4n) is 8.50. The van der Waals surface area contributed by atoms with E-state index >= 15 is 0 Å². The van der Waals surface area contributed by atoms with Gasteiger partial charge in [0.2, 0.25) is 0 Å². The second kappa shape index (κ2) is 10.2. The monoisotopic (exact) mass is 638 g/mol. The third-order valence-corrected chi connectivity index (χ3v) is 14.6. The minimum atomic E-state index is -1.88. The Morgan fingerprint density at radius 1 is 0.667 bits per heavy atom. The summed E-state index contributed by atoms with van der Waals surface area (Å²) >= 11 is 0. The van der Waals surface area contributed by atoms with E-state index in [9.17, 15) is 0 Å². The van der Waals surface area contributed by atoms with Gasteiger partial charge in [0.25, 0.3) is 0 Å². The molecule has 0 unspecified atom stereocenters. The molecule has 0 radical (unpaired) electrons. The summed E-state index contributed by atoms with van der Waals surface area (Å²) in [7, 11) is -1.00. The van der Waals surface area contributed by atoms with E-state index in [1.807, 2.05) is 0 Å². The first kappa shape index (κ1) is 29.2. The second-order valence-corrected chi connectivity index (χ2v) is 19.2. The molecule has 1 N–H and O–H groups in total. The lowest BCUT2D eigenvalue weighted by Gasteiger charge is -2.45. The van der Waals surface area contributed by atoms with Gasteiger partial charge in [0.1, 0.15) is 19.6 Å². The zero-order valence-corrected chi connectivity index (χ0v) is 29.5. The quantitative estimate of drug-likeness (QED) is 0.197. The van der Waals surface area contributed by atoms with Gasteiger partial charge in [0, 0.05) is 50.5 Å². The normalized spacial score (nSPS) is 15.5. The van der Waals surface area contributed by atoms with Crippen molar-refractivity contribution in [2.45, 2.75) is 46.2 Å². The number of anilines is 5. The van der Waals surface area contributed by atoms with E-state index in [0.29, 0.717) is 0 Å². The Labute approximate surface area is 285 Å². The maximum Gasteiger partial charge on any atom is 0.198 e. The summed E-state index contributed by atoms with van der Waals surface area (Å²) in [6.45, 7) is 14.0. The van der Waals surface area contributed by atoms with Gasteiger partial charge in [-0.15, -0.1) is 0 Å². The molecule has 3 aliphatic rings. The molecule has 3 heterocycles. The van der Waals surface area contributed by atoms with Crippen LogP contribution in [0, 0.1) is 13.8 Å². The van der Waals surface area contributed by atoms with Crippen LogP contribution in [0.25, 0.3) is 11.1 Å². The van der Waals surface area contributed by atoms with Crippen LogP contribution < -0.4 is 36.3 Å². The topological polar surface area (TPSA) is 24.5 Å². The lowest BCUT2D eigenvalue weighted by molar-refractivity contribution is 0.418. The number of aryl methyl sites for hydroxylation is 2. The number of benzene rings is 6. The van der Waals surface area contributed by atoms with Crippen LogP contribution in [0.4, 0.5) is 28.4 Å². The maximum atomic E-state index is 6.74. The average molecular weight is 639 g/mol. The van der Waals surface area contributed by atoms with Crippen molar-refractivity contribution in [3.63, 3.8) is 0 Å². The summed E-state index contributed by atoms with van der Waals surface area (Å²) in [5, 5.41) is 6.93. The lowest BCUT2D eigenvalue weighted by atomic mass is 9.58. The Morgan fingerprint density at radius 3 is 2.27 bits per heavy atom. The number of hydrogen-bond acceptors (Lipinski definition) is 3. The van der Waals surface area contributed by atoms with Crippen LogP contribution in [0.2, 0.25) is 13.1 Å². The van der Waals surface area contributed by atoms with Gasteiger partial charge in [-0.05, 0) is 82.8 Å². The highest BCUT2D eigenvalue weighted by molar-refractivity contribution is 7.03. The third-order valence-electron chi connectivity index (χ3n) is 11.1. The number of ether oxygens (including phenoxy) is 1. The van der Waals surface area contributed by atoms with Crippen LogP contribution in [0.3, 0.4) is 0 Å². The zero-order chi connectivity index (χ0) is 32.9. The highest BCUT2D eigenvalue weighted by Crippen LogP contribution is 2.51. The van der Waals surface area contributed by atoms with Crippen molar-refractivity contribution < 1.29 is 4.74 Å². The van der Waals surface area contributed by atoms with Crippen molar-refractivity contribution >= 4 is 65.1 Å². The molecule has 0 bridgehead atoms. The van der Waals surface area contributed by atoms with E-state index in [0.717, 1.165) is 35.7 Å². The van der Waals surface area contributed by atoms with E-state index < -0.39 is 8.07 Å². The summed E-state index contributed by atoms with van der Waals surface area (Å²) in [5.41, 5.74) is 16.0. The van der Waals surface area contributed by atoms with Gasteiger partial charge in [0.15, 0.2) is 7.28 Å². The van der Waals surface area contributed by atoms with Crippen molar-refractivity contribution in [2.75, 3.05) is 10.2 Å². The zero-order valence-electron chi connectivity index (χ0n) is 28.5. The summed E-state index contributed by atoms with van der Waals surface area (Å²) in [6.07, 6.45) is 0. The molecule has 0 saturated carbocycles. The van der Waals surface area contributed by atoms with Gasteiger partial charge in [-0.1, -0.05) is 111 Å². The first-order valence-electron chi connectivity index (χ1n) is 17.1. The summed E-state index contributed by atoms with van der Waals surface area (Å²) in [6, 6.07) is 42.6. The number of nitrogens with one attached hydrogen (secondary N) is 1. The van der Waals surface area contributed by atoms with Crippen molar-refractivity contribution in [3.05, 3.63) is 138 Å². The molecule has 6 aromatic rings. The molecule has 0 aliphatic carbocycles. The van der Waals surface area contributed by atoms with Crippen LogP contribution in [-0.4, -0.2) is 15.4 Å². The SMILES string of the molecule is Cc1cc(-c2cc3c(cc2Nc2ccccc2C)C(C)(C)c2ccccc2O3)c2c(c1)N1c3ccccc3[Si](C)(C)c3cccc(c31)B2. The fourth-order valence-corrected chi connectivity index (χ4v) is 11.5. The molecule has 48 heavy (non-hydrogen) atoms. The largest absolute Gasteiger partial charge is 0.457 e. The molecule has 0 amide bonds. The number of para-hydroxylation sites is 4. The molecule has 3 aliphatic heterocycles. The molecule has 0 spiro atoms. The molecule has 0 aromatic heterocycles. The molecule has 0 atom stereocenters. The van der Waals surface area contributed by atoms with E-state index in [1.165, 1.54) is 66.2 Å². The Balaban J connectivity index is 1.31. The first-order chi connectivity index (χ1) is 23.1. The van der Waals surface area contributed by atoms with Crippen molar-refractivity contribution in [3.8, 4) is 22.6 Å². The minimum absolute atomic E-state index is 0.222. The highest BCUT2D eigenvalue weighted by atomic mass is 28.3. The molecule has 0 fully saturated rings. The molecular weight excluding hydrogens is 599 g/mol. The standard InChI is InChI=1S/C43H39BN2OSi/c1-26-22-29(41-36(23-26)46-35-18-10-12-20-39(35)48(5,6)40-21-13-16-32(44-41)42(40)46)28-24-38-31(25-34(28)45-33-17-9-7-14-27(33)2)43(3,4)30-15-8-11-19-37(30)47-38/h7-25,44-45H,1-6H3. The van der Waals surface area contributed by atoms with Crippen LogP contribution >= 0.6 is 0 Å². The van der Waals surface area contributed by atoms with Crippen LogP contribution in [0.1, 0.15) is 36.1 Å². The third kappa shape index (κ3) is 4.13. The van der Waals surface area contributed by atoms with Crippen LogP contribution in [0.5, 0.6) is 11.5 Å². The highest BCUT2D eigenvalue weighted by Gasteiger charge is 2.42. The first-order valence-corrected chi connectivity index (χ1v) is 20.1. The van der Waals surface area contributed by atoms with Crippen LogP contribution in [-0.2, 0) is 5.41 Å². The molecule has 9 rings (SSSR count). The van der Waals surface area contributed by atoms with Gasteiger partial charge in [-0.25, -0.2) is 0 Å². The Hall–Kier alpha value is -5.00. The van der Waals surface area contributed by atoms with E-state index in [1.54, 1.807) is 0 Å². The fraction of sp³-hybridized carbons (Fsp3) is 0.163. The molecule has 234 valence electrons. The maximum absolute atomic E-state index is 6.74. The number of fused-ring (bicyclic) bond motifs is 6. The Kier molecular flexibility index (Phi) is 6.23. The summed E-state index contributed by atoms with van der Waals surface area (Å²) in [4.78, 5) is 2.58. The predicted octanol–water partition coefficient (Wildman–Crippen LogP) is 8.45. The lowest BCUT2D eigenvalue weighted by Crippen LogP contribution is -2.62. The summed E-state index contributed by atoms with van der Waals surface area (Å²) in [5.74, 6) is 1.86. The number of nitrogens with zero attached hydrogens (tertiary/aromatic N) is 1.